The second-order valence-corrected chi connectivity index (χ2v) is 8.03. The van der Waals surface area contributed by atoms with Crippen LogP contribution in [0.3, 0.4) is 0 Å². The van der Waals surface area contributed by atoms with Crippen LogP contribution in [0.5, 0.6) is 0 Å². The second kappa shape index (κ2) is 7.36. The van der Waals surface area contributed by atoms with Crippen LogP contribution in [0.25, 0.3) is 0 Å². The van der Waals surface area contributed by atoms with E-state index in [-0.39, 0.29) is 30.3 Å². The lowest BCUT2D eigenvalue weighted by Crippen LogP contribution is -2.44. The molecule has 1 unspecified atom stereocenters. The summed E-state index contributed by atoms with van der Waals surface area (Å²) in [6.45, 7) is 1.79. The Morgan fingerprint density at radius 3 is 2.63 bits per heavy atom. The van der Waals surface area contributed by atoms with Gasteiger partial charge in [0.2, 0.25) is 0 Å². The minimum Gasteiger partial charge on any atom is -0.480 e. The number of benzene rings is 1. The number of sulfonamides is 1. The van der Waals surface area contributed by atoms with Gasteiger partial charge in [-0.15, -0.1) is 4.40 Å². The lowest BCUT2D eigenvalue weighted by atomic mass is 10.1. The molecule has 1 aromatic rings. The number of carbonyl (C=O) groups is 2. The molecule has 1 aromatic carbocycles. The topological polar surface area (TPSA) is 107 Å². The van der Waals surface area contributed by atoms with Crippen molar-refractivity contribution in [3.63, 3.8) is 0 Å². The third-order valence-electron chi connectivity index (χ3n) is 4.35. The van der Waals surface area contributed by atoms with Gasteiger partial charge in [0.15, 0.2) is 0 Å². The Morgan fingerprint density at radius 1 is 1.26 bits per heavy atom. The maximum atomic E-state index is 13.0. The second-order valence-electron chi connectivity index (χ2n) is 6.28. The van der Waals surface area contributed by atoms with Crippen molar-refractivity contribution in [2.75, 3.05) is 12.3 Å². The number of nitrogens with zero attached hydrogens (tertiary/aromatic N) is 3. The Kier molecular flexibility index (Phi) is 5.13. The van der Waals surface area contributed by atoms with Crippen molar-refractivity contribution in [1.82, 2.24) is 9.80 Å². The molecule has 1 N–H and O–H groups in total. The molecule has 27 heavy (non-hydrogen) atoms. The van der Waals surface area contributed by atoms with Crippen LogP contribution in [0.2, 0.25) is 0 Å². The van der Waals surface area contributed by atoms with Gasteiger partial charge < -0.3 is 14.9 Å². The number of amides is 1. The molecule has 8 nitrogen and oxygen atoms in total. The van der Waals surface area contributed by atoms with Crippen molar-refractivity contribution < 1.29 is 23.1 Å². The summed E-state index contributed by atoms with van der Waals surface area (Å²) in [6.07, 6.45) is 4.43. The van der Waals surface area contributed by atoms with E-state index in [1.165, 1.54) is 30.2 Å². The Hall–Kier alpha value is -2.94. The van der Waals surface area contributed by atoms with Gasteiger partial charge in [-0.25, -0.2) is 13.2 Å². The van der Waals surface area contributed by atoms with Gasteiger partial charge in [-0.05, 0) is 24.6 Å². The van der Waals surface area contributed by atoms with E-state index in [4.69, 9.17) is 0 Å². The number of hydrogen-bond acceptors (Lipinski definition) is 5. The number of carboxylic acids is 1. The first kappa shape index (κ1) is 18.8. The highest BCUT2D eigenvalue weighted by molar-refractivity contribution is 7.90. The van der Waals surface area contributed by atoms with Gasteiger partial charge in [-0.1, -0.05) is 30.3 Å². The highest BCUT2D eigenvalue weighted by Crippen LogP contribution is 2.20. The van der Waals surface area contributed by atoms with Crippen LogP contribution >= 0.6 is 0 Å². The molecule has 0 saturated carbocycles. The smallest absolute Gasteiger partial charge is 0.326 e. The fourth-order valence-electron chi connectivity index (χ4n) is 2.79. The zero-order valence-electron chi connectivity index (χ0n) is 14.6. The van der Waals surface area contributed by atoms with Crippen LogP contribution in [-0.2, 0) is 26.2 Å². The number of amidine groups is 1. The minimum absolute atomic E-state index is 0.137. The van der Waals surface area contributed by atoms with Crippen molar-refractivity contribution in [3.8, 4) is 0 Å². The van der Waals surface area contributed by atoms with Crippen LogP contribution < -0.4 is 0 Å². The Balaban J connectivity index is 1.87. The van der Waals surface area contributed by atoms with Crippen LogP contribution in [0.15, 0.2) is 58.7 Å². The maximum absolute atomic E-state index is 13.0. The van der Waals surface area contributed by atoms with Crippen molar-refractivity contribution in [2.45, 2.75) is 19.5 Å². The van der Waals surface area contributed by atoms with Crippen LogP contribution in [-0.4, -0.2) is 59.4 Å². The number of fused-ring (bicyclic) bond motifs is 1. The standard InChI is InChI=1S/C18H19N3O5S/c1-13(18(23)24)21(11-14-5-3-2-4-6-14)17(22)15-7-8-16-19-27(25,26)10-9-20(16)12-15/h2-8,12-13H,9-11H2,1H3,(H,23,24). The zero-order chi connectivity index (χ0) is 19.6. The molecule has 1 amide bonds. The largest absolute Gasteiger partial charge is 0.480 e. The normalized spacial score (nSPS) is 18.8. The average Bonchev–Trinajstić information content (AvgIpc) is 2.64. The molecule has 9 heteroatoms. The predicted octanol–water partition coefficient (Wildman–Crippen LogP) is 0.986. The lowest BCUT2D eigenvalue weighted by molar-refractivity contribution is -0.148. The molecule has 0 aliphatic carbocycles. The molecule has 0 fully saturated rings. The first-order valence-electron chi connectivity index (χ1n) is 8.34. The van der Waals surface area contributed by atoms with Crippen molar-refractivity contribution in [2.24, 2.45) is 4.40 Å². The van der Waals surface area contributed by atoms with E-state index in [1.807, 2.05) is 30.3 Å². The van der Waals surface area contributed by atoms with Crippen molar-refractivity contribution in [1.29, 1.82) is 0 Å². The SMILES string of the molecule is CC(C(=O)O)N(Cc1ccccc1)C(=O)C1=CN2CCS(=O)(=O)N=C2C=C1. The molecule has 2 aliphatic rings. The number of carboxylic acid groups (broad SMARTS) is 1. The fraction of sp³-hybridized carbons (Fsp3) is 0.278. The molecule has 2 aliphatic heterocycles. The van der Waals surface area contributed by atoms with E-state index in [9.17, 15) is 23.1 Å². The van der Waals surface area contributed by atoms with Gasteiger partial charge >= 0.3 is 5.97 Å². The Bertz CT molecular complexity index is 950. The number of aliphatic carboxylic acids is 1. The van der Waals surface area contributed by atoms with Crippen molar-refractivity contribution in [3.05, 3.63) is 59.8 Å². The molecule has 0 radical (unpaired) electrons. The summed E-state index contributed by atoms with van der Waals surface area (Å²) in [5, 5.41) is 9.40. The Morgan fingerprint density at radius 2 is 1.96 bits per heavy atom. The quantitative estimate of drug-likeness (QED) is 0.805. The van der Waals surface area contributed by atoms with Crippen LogP contribution in [0.1, 0.15) is 12.5 Å². The lowest BCUT2D eigenvalue weighted by Gasteiger charge is -2.30. The average molecular weight is 389 g/mol. The number of rotatable bonds is 5. The molecule has 3 rings (SSSR count). The summed E-state index contributed by atoms with van der Waals surface area (Å²) in [7, 11) is -3.48. The third kappa shape index (κ3) is 4.25. The molecule has 0 aromatic heterocycles. The van der Waals surface area contributed by atoms with E-state index < -0.39 is 27.9 Å². The Labute approximate surface area is 157 Å². The summed E-state index contributed by atoms with van der Waals surface area (Å²) in [6, 6.07) is 8.10. The van der Waals surface area contributed by atoms with Gasteiger partial charge in [-0.3, -0.25) is 4.79 Å². The van der Waals surface area contributed by atoms with E-state index >= 15 is 0 Å². The van der Waals surface area contributed by atoms with E-state index in [0.717, 1.165) is 5.56 Å². The van der Waals surface area contributed by atoms with Crippen LogP contribution in [0.4, 0.5) is 0 Å². The summed E-state index contributed by atoms with van der Waals surface area (Å²) in [5.41, 5.74) is 1.09. The molecule has 142 valence electrons. The first-order valence-corrected chi connectivity index (χ1v) is 9.94. The highest BCUT2D eigenvalue weighted by atomic mass is 32.2. The van der Waals surface area contributed by atoms with Gasteiger partial charge in [0, 0.05) is 19.3 Å². The zero-order valence-corrected chi connectivity index (χ0v) is 15.5. The summed E-state index contributed by atoms with van der Waals surface area (Å²) < 4.78 is 26.8. The monoisotopic (exact) mass is 389 g/mol. The van der Waals surface area contributed by atoms with Gasteiger partial charge in [-0.2, -0.15) is 0 Å². The molecular formula is C18H19N3O5S. The number of hydrogen-bond donors (Lipinski definition) is 1. The highest BCUT2D eigenvalue weighted by Gasteiger charge is 2.30. The molecule has 2 heterocycles. The summed E-state index contributed by atoms with van der Waals surface area (Å²) >= 11 is 0. The third-order valence-corrected chi connectivity index (χ3v) is 5.52. The van der Waals surface area contributed by atoms with Gasteiger partial charge in [0.1, 0.15) is 11.9 Å². The van der Waals surface area contributed by atoms with E-state index in [0.29, 0.717) is 0 Å². The molecular weight excluding hydrogens is 370 g/mol. The predicted molar refractivity (Wildman–Crippen MR) is 99.2 cm³/mol. The van der Waals surface area contributed by atoms with E-state index in [1.54, 1.807) is 4.90 Å². The molecule has 0 bridgehead atoms. The van der Waals surface area contributed by atoms with Crippen molar-refractivity contribution >= 4 is 27.7 Å². The molecule has 0 saturated heterocycles. The summed E-state index contributed by atoms with van der Waals surface area (Å²) in [5.74, 6) is -1.44. The first-order chi connectivity index (χ1) is 12.8. The summed E-state index contributed by atoms with van der Waals surface area (Å²) in [4.78, 5) is 27.4. The number of carbonyl (C=O) groups excluding carboxylic acids is 1. The molecule has 0 spiro atoms. The fourth-order valence-corrected chi connectivity index (χ4v) is 3.76. The van der Waals surface area contributed by atoms with Gasteiger partial charge in [0.25, 0.3) is 15.9 Å². The molecule has 1 atom stereocenters. The van der Waals surface area contributed by atoms with Gasteiger partial charge in [0.05, 0.1) is 11.3 Å². The maximum Gasteiger partial charge on any atom is 0.326 e. The van der Waals surface area contributed by atoms with Crippen LogP contribution in [0, 0.1) is 0 Å². The van der Waals surface area contributed by atoms with E-state index in [2.05, 4.69) is 4.40 Å². The minimum atomic E-state index is -3.48.